The highest BCUT2D eigenvalue weighted by Crippen LogP contribution is 2.35. The van der Waals surface area contributed by atoms with Crippen molar-refractivity contribution in [3.8, 4) is 0 Å². The van der Waals surface area contributed by atoms with E-state index in [-0.39, 0.29) is 5.82 Å². The number of nitrogens with zero attached hydrogens (tertiary/aromatic N) is 1. The van der Waals surface area contributed by atoms with E-state index in [0.717, 1.165) is 19.4 Å². The quantitative estimate of drug-likeness (QED) is 0.896. The Kier molecular flexibility index (Phi) is 3.76. The van der Waals surface area contributed by atoms with Crippen LogP contribution in [0.3, 0.4) is 0 Å². The lowest BCUT2D eigenvalue weighted by atomic mass is 10.1. The summed E-state index contributed by atoms with van der Waals surface area (Å²) in [5.74, 6) is -0.244. The fourth-order valence-corrected chi connectivity index (χ4v) is 3.09. The molecule has 0 unspecified atom stereocenters. The highest BCUT2D eigenvalue weighted by molar-refractivity contribution is 7.09. The van der Waals surface area contributed by atoms with Crippen LogP contribution in [0.15, 0.2) is 35.7 Å². The number of aliphatic hydroxyl groups is 1. The molecule has 20 heavy (non-hydrogen) atoms. The number of rotatable bonds is 5. The maximum atomic E-state index is 14.3. The number of benzene rings is 1. The molecular formula is C16H18FNOS. The second-order valence-corrected chi connectivity index (χ2v) is 6.36. The summed E-state index contributed by atoms with van der Waals surface area (Å²) in [5.41, 5.74) is 1.27. The van der Waals surface area contributed by atoms with Gasteiger partial charge in [-0.15, -0.1) is 11.3 Å². The number of halogens is 1. The summed E-state index contributed by atoms with van der Waals surface area (Å²) in [6.07, 6.45) is 1.62. The monoisotopic (exact) mass is 291 g/mol. The summed E-state index contributed by atoms with van der Waals surface area (Å²) in [4.78, 5) is 3.39. The van der Waals surface area contributed by atoms with Gasteiger partial charge in [-0.25, -0.2) is 4.39 Å². The maximum Gasteiger partial charge on any atom is 0.146 e. The molecule has 1 aromatic carbocycles. The van der Waals surface area contributed by atoms with Gasteiger partial charge in [-0.3, -0.25) is 0 Å². The second-order valence-electron chi connectivity index (χ2n) is 5.33. The fraction of sp³-hybridized carbons (Fsp3) is 0.375. The predicted molar refractivity (Wildman–Crippen MR) is 80.6 cm³/mol. The first-order valence-electron chi connectivity index (χ1n) is 6.91. The van der Waals surface area contributed by atoms with E-state index in [1.807, 2.05) is 17.5 Å². The standard InChI is InChI=1S/C16H18FNOS/c1-11(19)12-4-7-16(15(17)9-12)18(13-5-6-13)10-14-3-2-8-20-14/h2-4,7-9,11,13,19H,5-6,10H2,1H3/t11-/m0/s1. The van der Waals surface area contributed by atoms with Crippen LogP contribution in [0.25, 0.3) is 0 Å². The molecular weight excluding hydrogens is 273 g/mol. The molecule has 1 aromatic heterocycles. The summed E-state index contributed by atoms with van der Waals surface area (Å²) in [6.45, 7) is 2.41. The van der Waals surface area contributed by atoms with Gasteiger partial charge in [0.15, 0.2) is 0 Å². The molecule has 1 saturated carbocycles. The van der Waals surface area contributed by atoms with E-state index in [2.05, 4.69) is 11.0 Å². The van der Waals surface area contributed by atoms with Gasteiger partial charge in [0.1, 0.15) is 5.82 Å². The Morgan fingerprint density at radius 3 is 2.75 bits per heavy atom. The molecule has 1 fully saturated rings. The number of aliphatic hydroxyl groups excluding tert-OH is 1. The highest BCUT2D eigenvalue weighted by atomic mass is 32.1. The van der Waals surface area contributed by atoms with Crippen LogP contribution in [0.4, 0.5) is 10.1 Å². The van der Waals surface area contributed by atoms with Gasteiger partial charge in [-0.1, -0.05) is 12.1 Å². The first kappa shape index (κ1) is 13.6. The van der Waals surface area contributed by atoms with Crippen molar-refractivity contribution in [2.24, 2.45) is 0 Å². The van der Waals surface area contributed by atoms with Crippen LogP contribution in [-0.4, -0.2) is 11.1 Å². The average Bonchev–Trinajstić information content (AvgIpc) is 3.14. The smallest absolute Gasteiger partial charge is 0.146 e. The van der Waals surface area contributed by atoms with Gasteiger partial charge in [-0.2, -0.15) is 0 Å². The molecule has 1 aliphatic rings. The number of anilines is 1. The zero-order chi connectivity index (χ0) is 14.1. The minimum absolute atomic E-state index is 0.244. The molecule has 4 heteroatoms. The van der Waals surface area contributed by atoms with E-state index >= 15 is 0 Å². The van der Waals surface area contributed by atoms with Gasteiger partial charge < -0.3 is 10.0 Å². The molecule has 1 N–H and O–H groups in total. The highest BCUT2D eigenvalue weighted by Gasteiger charge is 2.31. The number of hydrogen-bond acceptors (Lipinski definition) is 3. The normalized spacial score (nSPS) is 16.1. The van der Waals surface area contributed by atoms with Crippen molar-refractivity contribution in [2.75, 3.05) is 4.90 Å². The molecule has 0 aliphatic heterocycles. The van der Waals surface area contributed by atoms with Crippen LogP contribution in [-0.2, 0) is 6.54 Å². The Morgan fingerprint density at radius 1 is 1.40 bits per heavy atom. The molecule has 1 atom stereocenters. The largest absolute Gasteiger partial charge is 0.389 e. The lowest BCUT2D eigenvalue weighted by Gasteiger charge is -2.25. The second kappa shape index (κ2) is 5.54. The molecule has 0 bridgehead atoms. The van der Waals surface area contributed by atoms with Crippen molar-refractivity contribution >= 4 is 17.0 Å². The summed E-state index contributed by atoms with van der Waals surface area (Å²) < 4.78 is 14.3. The summed E-state index contributed by atoms with van der Waals surface area (Å²) in [5, 5.41) is 11.6. The van der Waals surface area contributed by atoms with E-state index in [9.17, 15) is 9.50 Å². The van der Waals surface area contributed by atoms with Crippen LogP contribution in [0.5, 0.6) is 0 Å². The first-order valence-corrected chi connectivity index (χ1v) is 7.79. The Bertz CT molecular complexity index is 578. The van der Waals surface area contributed by atoms with Gasteiger partial charge >= 0.3 is 0 Å². The van der Waals surface area contributed by atoms with Gasteiger partial charge in [0, 0.05) is 10.9 Å². The number of thiophene rings is 1. The van der Waals surface area contributed by atoms with Crippen LogP contribution >= 0.6 is 11.3 Å². The van der Waals surface area contributed by atoms with E-state index < -0.39 is 6.10 Å². The van der Waals surface area contributed by atoms with Crippen LogP contribution < -0.4 is 4.90 Å². The summed E-state index contributed by atoms with van der Waals surface area (Å²) in [6, 6.07) is 9.61. The molecule has 106 valence electrons. The first-order chi connectivity index (χ1) is 9.65. The summed E-state index contributed by atoms with van der Waals surface area (Å²) in [7, 11) is 0. The van der Waals surface area contributed by atoms with Gasteiger partial charge in [0.2, 0.25) is 0 Å². The zero-order valence-corrected chi connectivity index (χ0v) is 12.2. The van der Waals surface area contributed by atoms with E-state index in [4.69, 9.17) is 0 Å². The molecule has 2 aromatic rings. The Morgan fingerprint density at radius 2 is 2.20 bits per heavy atom. The van der Waals surface area contributed by atoms with Crippen molar-refractivity contribution in [1.29, 1.82) is 0 Å². The minimum atomic E-state index is -0.634. The van der Waals surface area contributed by atoms with Crippen molar-refractivity contribution in [1.82, 2.24) is 0 Å². The third-order valence-corrected chi connectivity index (χ3v) is 4.52. The van der Waals surface area contributed by atoms with Gasteiger partial charge in [0.25, 0.3) is 0 Å². The van der Waals surface area contributed by atoms with Crippen molar-refractivity contribution in [3.63, 3.8) is 0 Å². The van der Waals surface area contributed by atoms with Gasteiger partial charge in [0.05, 0.1) is 18.3 Å². The average molecular weight is 291 g/mol. The van der Waals surface area contributed by atoms with Crippen molar-refractivity contribution in [2.45, 2.75) is 38.5 Å². The predicted octanol–water partition coefficient (Wildman–Crippen LogP) is 4.11. The maximum absolute atomic E-state index is 14.3. The molecule has 1 heterocycles. The zero-order valence-electron chi connectivity index (χ0n) is 11.4. The molecule has 0 radical (unpaired) electrons. The molecule has 2 nitrogen and oxygen atoms in total. The molecule has 0 saturated heterocycles. The van der Waals surface area contributed by atoms with E-state index in [0.29, 0.717) is 17.3 Å². The summed E-state index contributed by atoms with van der Waals surface area (Å²) >= 11 is 1.70. The fourth-order valence-electron chi connectivity index (χ4n) is 2.38. The Balaban J connectivity index is 1.87. The third kappa shape index (κ3) is 2.86. The molecule has 1 aliphatic carbocycles. The molecule has 0 amide bonds. The Labute approximate surface area is 122 Å². The molecule has 0 spiro atoms. The van der Waals surface area contributed by atoms with Crippen LogP contribution in [0.1, 0.15) is 36.3 Å². The van der Waals surface area contributed by atoms with E-state index in [1.54, 1.807) is 24.3 Å². The third-order valence-electron chi connectivity index (χ3n) is 3.66. The van der Waals surface area contributed by atoms with Crippen LogP contribution in [0, 0.1) is 5.82 Å². The number of hydrogen-bond donors (Lipinski definition) is 1. The van der Waals surface area contributed by atoms with Gasteiger partial charge in [-0.05, 0) is 48.9 Å². The van der Waals surface area contributed by atoms with Crippen molar-refractivity contribution < 1.29 is 9.50 Å². The lowest BCUT2D eigenvalue weighted by Crippen LogP contribution is -2.25. The van der Waals surface area contributed by atoms with E-state index in [1.165, 1.54) is 10.9 Å². The van der Waals surface area contributed by atoms with Crippen LogP contribution in [0.2, 0.25) is 0 Å². The SMILES string of the molecule is C[C@H](O)c1ccc(N(Cc2cccs2)C2CC2)c(F)c1. The topological polar surface area (TPSA) is 23.5 Å². The minimum Gasteiger partial charge on any atom is -0.389 e. The molecule has 3 rings (SSSR count). The van der Waals surface area contributed by atoms with Crippen molar-refractivity contribution in [3.05, 3.63) is 52.0 Å². The Hall–Kier alpha value is -1.39. The lowest BCUT2D eigenvalue weighted by molar-refractivity contribution is 0.199.